The fourth-order valence-corrected chi connectivity index (χ4v) is 3.08. The van der Waals surface area contributed by atoms with Crippen molar-refractivity contribution in [1.29, 1.82) is 0 Å². The number of amides is 1. The summed E-state index contributed by atoms with van der Waals surface area (Å²) in [6, 6.07) is 21.2. The van der Waals surface area contributed by atoms with Crippen LogP contribution >= 0.6 is 15.9 Å². The molecule has 0 aliphatic rings. The molecule has 1 heterocycles. The number of nitrogens with zero attached hydrogens (tertiary/aromatic N) is 3. The summed E-state index contributed by atoms with van der Waals surface area (Å²) in [6.45, 7) is 0. The molecule has 8 nitrogen and oxygen atoms in total. The number of hydrogen-bond acceptors (Lipinski definition) is 7. The van der Waals surface area contributed by atoms with E-state index in [9.17, 15) is 9.18 Å². The highest BCUT2D eigenvalue weighted by Crippen LogP contribution is 2.21. The molecule has 0 bridgehead atoms. The average molecular weight is 496 g/mol. The molecule has 32 heavy (non-hydrogen) atoms. The number of hydrogen-bond donors (Lipinski definition) is 2. The van der Waals surface area contributed by atoms with E-state index in [-0.39, 0.29) is 21.9 Å². The molecule has 4 rings (SSSR count). The average Bonchev–Trinajstić information content (AvgIpc) is 3.26. The third kappa shape index (κ3) is 5.16. The largest absolute Gasteiger partial charge is 0.302 e. The van der Waals surface area contributed by atoms with E-state index in [1.807, 2.05) is 42.5 Å². The standard InChI is InChI=1S/C22H15BrFN5O3/c23-18-12-17(10-11-19(18)24)27-31-25-13-20-21(29-32-28-20)26-22(30)16-8-6-15(7-9-16)14-4-2-1-3-5-14/h1-13,27H,(H,26,29,30)/b25-13+. The highest BCUT2D eigenvalue weighted by atomic mass is 79.9. The molecule has 0 fully saturated rings. The first-order valence-electron chi connectivity index (χ1n) is 9.30. The first-order chi connectivity index (χ1) is 15.6. The first kappa shape index (κ1) is 21.2. The number of aromatic nitrogens is 2. The van der Waals surface area contributed by atoms with Crippen molar-refractivity contribution in [3.05, 3.63) is 94.3 Å². The maximum atomic E-state index is 13.2. The summed E-state index contributed by atoms with van der Waals surface area (Å²) >= 11 is 3.07. The van der Waals surface area contributed by atoms with E-state index in [0.717, 1.165) is 11.1 Å². The van der Waals surface area contributed by atoms with Gasteiger partial charge in [0.1, 0.15) is 12.0 Å². The van der Waals surface area contributed by atoms with Gasteiger partial charge in [-0.2, -0.15) is 5.48 Å². The van der Waals surface area contributed by atoms with Crippen LogP contribution in [0.4, 0.5) is 15.9 Å². The summed E-state index contributed by atoms with van der Waals surface area (Å²) < 4.78 is 18.2. The van der Waals surface area contributed by atoms with Crippen LogP contribution in [0.5, 0.6) is 0 Å². The van der Waals surface area contributed by atoms with Crippen molar-refractivity contribution in [1.82, 2.24) is 10.3 Å². The van der Waals surface area contributed by atoms with Crippen molar-refractivity contribution in [3.63, 3.8) is 0 Å². The van der Waals surface area contributed by atoms with E-state index >= 15 is 0 Å². The van der Waals surface area contributed by atoms with Gasteiger partial charge in [-0.25, -0.2) is 9.02 Å². The fraction of sp³-hybridized carbons (Fsp3) is 0. The van der Waals surface area contributed by atoms with Gasteiger partial charge in [-0.05, 0) is 67.7 Å². The minimum absolute atomic E-state index is 0.0824. The van der Waals surface area contributed by atoms with Gasteiger partial charge in [0.05, 0.1) is 10.2 Å². The van der Waals surface area contributed by atoms with Crippen molar-refractivity contribution in [2.75, 3.05) is 10.8 Å². The van der Waals surface area contributed by atoms with Crippen LogP contribution in [0.1, 0.15) is 16.1 Å². The molecule has 2 N–H and O–H groups in total. The van der Waals surface area contributed by atoms with Gasteiger partial charge in [-0.15, -0.1) is 0 Å². The van der Waals surface area contributed by atoms with Crippen LogP contribution in [0, 0.1) is 5.82 Å². The van der Waals surface area contributed by atoms with Crippen molar-refractivity contribution in [3.8, 4) is 11.1 Å². The lowest BCUT2D eigenvalue weighted by Gasteiger charge is -2.05. The lowest BCUT2D eigenvalue weighted by molar-refractivity contribution is 0.102. The number of carbonyl (C=O) groups is 1. The van der Waals surface area contributed by atoms with E-state index < -0.39 is 5.82 Å². The molecule has 0 unspecified atom stereocenters. The monoisotopic (exact) mass is 495 g/mol. The van der Waals surface area contributed by atoms with Crippen LogP contribution < -0.4 is 10.8 Å². The second-order valence-corrected chi connectivity index (χ2v) is 7.31. The van der Waals surface area contributed by atoms with Gasteiger partial charge < -0.3 is 5.32 Å². The minimum atomic E-state index is -0.400. The van der Waals surface area contributed by atoms with Crippen LogP contribution in [0.25, 0.3) is 11.1 Å². The molecule has 0 atom stereocenters. The lowest BCUT2D eigenvalue weighted by atomic mass is 10.0. The molecule has 0 radical (unpaired) electrons. The summed E-state index contributed by atoms with van der Waals surface area (Å²) in [4.78, 5) is 17.5. The quantitative estimate of drug-likeness (QED) is 0.267. The molecule has 160 valence electrons. The van der Waals surface area contributed by atoms with E-state index in [0.29, 0.717) is 11.3 Å². The van der Waals surface area contributed by atoms with E-state index in [1.165, 1.54) is 24.4 Å². The fourth-order valence-electron chi connectivity index (χ4n) is 2.71. The number of oxime groups is 1. The number of halogens is 2. The van der Waals surface area contributed by atoms with Gasteiger partial charge in [0.15, 0.2) is 5.69 Å². The lowest BCUT2D eigenvalue weighted by Crippen LogP contribution is -2.13. The Bertz CT molecular complexity index is 1250. The number of anilines is 2. The van der Waals surface area contributed by atoms with Crippen LogP contribution in [0.15, 0.2) is 87.1 Å². The van der Waals surface area contributed by atoms with Gasteiger partial charge in [-0.1, -0.05) is 47.6 Å². The molecular weight excluding hydrogens is 481 g/mol. The Balaban J connectivity index is 1.36. The van der Waals surface area contributed by atoms with Crippen molar-refractivity contribution in [2.45, 2.75) is 0 Å². The van der Waals surface area contributed by atoms with Crippen LogP contribution in [-0.4, -0.2) is 22.4 Å². The summed E-state index contributed by atoms with van der Waals surface area (Å²) in [6.07, 6.45) is 1.20. The SMILES string of the molecule is O=C(Nc1nonc1/C=N/ONc1ccc(F)c(Br)c1)c1ccc(-c2ccccc2)cc1. The normalized spacial score (nSPS) is 10.8. The predicted molar refractivity (Wildman–Crippen MR) is 121 cm³/mol. The smallest absolute Gasteiger partial charge is 0.256 e. The molecule has 0 aliphatic carbocycles. The molecule has 10 heteroatoms. The van der Waals surface area contributed by atoms with Crippen molar-refractivity contribution >= 4 is 39.6 Å². The van der Waals surface area contributed by atoms with E-state index in [1.54, 1.807) is 12.1 Å². The first-order valence-corrected chi connectivity index (χ1v) is 10.1. The Morgan fingerprint density at radius 1 is 1.03 bits per heavy atom. The maximum Gasteiger partial charge on any atom is 0.256 e. The zero-order chi connectivity index (χ0) is 22.3. The highest BCUT2D eigenvalue weighted by Gasteiger charge is 2.13. The third-order valence-corrected chi connectivity index (χ3v) is 4.92. The van der Waals surface area contributed by atoms with Gasteiger partial charge in [0.2, 0.25) is 5.82 Å². The third-order valence-electron chi connectivity index (χ3n) is 4.31. The number of benzene rings is 3. The number of carbonyl (C=O) groups excluding carboxylic acids is 1. The van der Waals surface area contributed by atoms with Crippen molar-refractivity contribution < 1.29 is 18.8 Å². The maximum absolute atomic E-state index is 13.2. The van der Waals surface area contributed by atoms with Gasteiger partial charge in [-0.3, -0.25) is 9.73 Å². The summed E-state index contributed by atoms with van der Waals surface area (Å²) in [7, 11) is 0. The molecule has 3 aromatic carbocycles. The van der Waals surface area contributed by atoms with Crippen molar-refractivity contribution in [2.24, 2.45) is 5.16 Å². The summed E-state index contributed by atoms with van der Waals surface area (Å²) in [5.41, 5.74) is 5.64. The van der Waals surface area contributed by atoms with E-state index in [2.05, 4.69) is 46.8 Å². The molecular formula is C22H15BrFN5O3. The Morgan fingerprint density at radius 2 is 1.78 bits per heavy atom. The molecule has 0 saturated heterocycles. The molecule has 0 saturated carbocycles. The zero-order valence-electron chi connectivity index (χ0n) is 16.3. The molecule has 0 aliphatic heterocycles. The minimum Gasteiger partial charge on any atom is -0.302 e. The van der Waals surface area contributed by atoms with Gasteiger partial charge >= 0.3 is 0 Å². The molecule has 0 spiro atoms. The van der Waals surface area contributed by atoms with Crippen LogP contribution in [0.3, 0.4) is 0 Å². The van der Waals surface area contributed by atoms with Crippen LogP contribution in [0.2, 0.25) is 0 Å². The number of rotatable bonds is 7. The Morgan fingerprint density at radius 3 is 2.53 bits per heavy atom. The number of nitrogens with one attached hydrogen (secondary N) is 2. The Labute approximate surface area is 190 Å². The summed E-state index contributed by atoms with van der Waals surface area (Å²) in [5.74, 6) is -0.702. The van der Waals surface area contributed by atoms with E-state index in [4.69, 9.17) is 4.94 Å². The highest BCUT2D eigenvalue weighted by molar-refractivity contribution is 9.10. The second kappa shape index (κ2) is 9.84. The molecule has 1 aromatic heterocycles. The van der Waals surface area contributed by atoms with Gasteiger partial charge in [0.25, 0.3) is 5.91 Å². The Kier molecular flexibility index (Phi) is 6.52. The second-order valence-electron chi connectivity index (χ2n) is 6.45. The predicted octanol–water partition coefficient (Wildman–Crippen LogP) is 5.27. The summed E-state index contributed by atoms with van der Waals surface area (Å²) in [5, 5.41) is 13.6. The van der Waals surface area contributed by atoms with Crippen LogP contribution in [-0.2, 0) is 4.94 Å². The molecule has 1 amide bonds. The van der Waals surface area contributed by atoms with Gasteiger partial charge in [0, 0.05) is 5.56 Å². The Hall–Kier alpha value is -4.05. The molecule has 4 aromatic rings. The topological polar surface area (TPSA) is 102 Å². The zero-order valence-corrected chi connectivity index (χ0v) is 17.9.